The number of rotatable bonds is 4. The number of anilines is 1. The van der Waals surface area contributed by atoms with Crippen LogP contribution in [0.15, 0.2) is 6.20 Å². The minimum absolute atomic E-state index is 0.235. The van der Waals surface area contributed by atoms with Gasteiger partial charge < -0.3 is 10.1 Å². The van der Waals surface area contributed by atoms with Gasteiger partial charge in [0.1, 0.15) is 11.5 Å². The van der Waals surface area contributed by atoms with Gasteiger partial charge in [-0.2, -0.15) is 15.1 Å². The Labute approximate surface area is 124 Å². The lowest BCUT2D eigenvalue weighted by Crippen LogP contribution is -2.29. The number of H-pyrrole nitrogens is 1. The molecule has 1 saturated carbocycles. The molecule has 2 aromatic rings. The Morgan fingerprint density at radius 2 is 2.14 bits per heavy atom. The fraction of sp³-hybridized carbons (Fsp3) is 0.667. The van der Waals surface area contributed by atoms with E-state index in [4.69, 9.17) is 4.74 Å². The number of ether oxygens (including phenoxy) is 1. The van der Waals surface area contributed by atoms with Gasteiger partial charge in [0, 0.05) is 6.54 Å². The van der Waals surface area contributed by atoms with Crippen LogP contribution in [-0.4, -0.2) is 32.8 Å². The first-order chi connectivity index (χ1) is 10.2. The molecule has 6 nitrogen and oxygen atoms in total. The molecule has 2 heterocycles. The number of aromatic nitrogens is 4. The zero-order valence-corrected chi connectivity index (χ0v) is 12.9. The van der Waals surface area contributed by atoms with Crippen molar-refractivity contribution in [2.24, 2.45) is 11.8 Å². The van der Waals surface area contributed by atoms with Crippen molar-refractivity contribution in [1.29, 1.82) is 0 Å². The maximum absolute atomic E-state index is 6.18. The van der Waals surface area contributed by atoms with E-state index < -0.39 is 0 Å². The number of nitrogens with zero attached hydrogens (tertiary/aromatic N) is 3. The number of aromatic amines is 1. The van der Waals surface area contributed by atoms with Crippen molar-refractivity contribution in [2.75, 3.05) is 11.9 Å². The molecule has 0 saturated heterocycles. The summed E-state index contributed by atoms with van der Waals surface area (Å²) in [6.07, 6.45) is 5.35. The van der Waals surface area contributed by atoms with Gasteiger partial charge in [0.25, 0.3) is 0 Å². The van der Waals surface area contributed by atoms with Gasteiger partial charge in [-0.05, 0) is 38.0 Å². The van der Waals surface area contributed by atoms with E-state index in [2.05, 4.69) is 39.3 Å². The number of hydrogen-bond acceptors (Lipinski definition) is 5. The van der Waals surface area contributed by atoms with Crippen LogP contribution < -0.4 is 10.1 Å². The third-order valence-corrected chi connectivity index (χ3v) is 4.44. The molecule has 1 fully saturated rings. The zero-order valence-electron chi connectivity index (χ0n) is 12.9. The summed E-state index contributed by atoms with van der Waals surface area (Å²) in [5, 5.41) is 10.9. The second kappa shape index (κ2) is 5.87. The van der Waals surface area contributed by atoms with E-state index in [-0.39, 0.29) is 6.10 Å². The van der Waals surface area contributed by atoms with Gasteiger partial charge in [0.2, 0.25) is 11.8 Å². The molecule has 0 bridgehead atoms. The highest BCUT2D eigenvalue weighted by atomic mass is 16.5. The van der Waals surface area contributed by atoms with Gasteiger partial charge in [-0.25, -0.2) is 0 Å². The highest BCUT2D eigenvalue weighted by molar-refractivity contribution is 5.80. The van der Waals surface area contributed by atoms with Crippen molar-refractivity contribution in [2.45, 2.75) is 46.1 Å². The fourth-order valence-corrected chi connectivity index (χ4v) is 2.90. The summed E-state index contributed by atoms with van der Waals surface area (Å²) in [5.41, 5.74) is 0.716. The van der Waals surface area contributed by atoms with Crippen LogP contribution in [0.5, 0.6) is 5.88 Å². The molecule has 2 N–H and O–H groups in total. The molecule has 2 aromatic heterocycles. The molecule has 0 radical (unpaired) electrons. The predicted molar refractivity (Wildman–Crippen MR) is 82.4 cm³/mol. The minimum Gasteiger partial charge on any atom is -0.474 e. The van der Waals surface area contributed by atoms with Crippen LogP contribution >= 0.6 is 0 Å². The average Bonchev–Trinajstić information content (AvgIpc) is 2.92. The summed E-state index contributed by atoms with van der Waals surface area (Å²) in [6.45, 7) is 7.42. The first-order valence-electron chi connectivity index (χ1n) is 7.79. The van der Waals surface area contributed by atoms with Crippen LogP contribution in [0.4, 0.5) is 5.95 Å². The Morgan fingerprint density at radius 3 is 2.90 bits per heavy atom. The summed E-state index contributed by atoms with van der Waals surface area (Å²) < 4.78 is 6.18. The first kappa shape index (κ1) is 14.1. The Bertz CT molecular complexity index is 611. The Morgan fingerprint density at radius 1 is 1.29 bits per heavy atom. The molecule has 0 spiro atoms. The van der Waals surface area contributed by atoms with Crippen molar-refractivity contribution in [3.63, 3.8) is 0 Å². The Hall–Kier alpha value is -1.85. The van der Waals surface area contributed by atoms with Gasteiger partial charge in [-0.15, -0.1) is 0 Å². The third kappa shape index (κ3) is 2.94. The Balaban J connectivity index is 1.83. The summed E-state index contributed by atoms with van der Waals surface area (Å²) in [7, 11) is 0. The summed E-state index contributed by atoms with van der Waals surface area (Å²) in [6, 6.07) is 0. The average molecular weight is 289 g/mol. The van der Waals surface area contributed by atoms with Gasteiger partial charge in [-0.1, -0.05) is 13.8 Å². The van der Waals surface area contributed by atoms with Gasteiger partial charge in [0.05, 0.1) is 6.20 Å². The molecule has 1 aliphatic rings. The van der Waals surface area contributed by atoms with E-state index in [1.54, 1.807) is 6.20 Å². The zero-order chi connectivity index (χ0) is 14.8. The quantitative estimate of drug-likeness (QED) is 0.905. The maximum Gasteiger partial charge on any atom is 0.229 e. The van der Waals surface area contributed by atoms with Crippen LogP contribution in [0.25, 0.3) is 11.0 Å². The lowest BCUT2D eigenvalue weighted by Gasteiger charge is -2.32. The van der Waals surface area contributed by atoms with E-state index in [1.165, 1.54) is 6.42 Å². The molecule has 114 valence electrons. The second-order valence-corrected chi connectivity index (χ2v) is 6.02. The van der Waals surface area contributed by atoms with Gasteiger partial charge >= 0.3 is 0 Å². The van der Waals surface area contributed by atoms with Crippen molar-refractivity contribution < 1.29 is 4.74 Å². The smallest absolute Gasteiger partial charge is 0.229 e. The lowest BCUT2D eigenvalue weighted by atomic mass is 9.80. The summed E-state index contributed by atoms with van der Waals surface area (Å²) >= 11 is 0. The van der Waals surface area contributed by atoms with Crippen molar-refractivity contribution >= 4 is 17.0 Å². The SMILES string of the molecule is CCNc1nc(OC2CCC(C)C(C)C2)c2cn[nH]c2n1. The third-order valence-electron chi connectivity index (χ3n) is 4.44. The molecule has 0 amide bonds. The highest BCUT2D eigenvalue weighted by Crippen LogP contribution is 2.33. The second-order valence-electron chi connectivity index (χ2n) is 6.02. The van der Waals surface area contributed by atoms with E-state index in [1.807, 2.05) is 6.92 Å². The number of nitrogens with one attached hydrogen (secondary N) is 2. The van der Waals surface area contributed by atoms with Crippen LogP contribution in [0.1, 0.15) is 40.0 Å². The van der Waals surface area contributed by atoms with Crippen LogP contribution in [-0.2, 0) is 0 Å². The van der Waals surface area contributed by atoms with E-state index in [0.29, 0.717) is 23.4 Å². The highest BCUT2D eigenvalue weighted by Gasteiger charge is 2.26. The monoisotopic (exact) mass is 289 g/mol. The fourth-order valence-electron chi connectivity index (χ4n) is 2.90. The summed E-state index contributed by atoms with van der Waals surface area (Å²) in [4.78, 5) is 8.88. The molecule has 0 aromatic carbocycles. The number of fused-ring (bicyclic) bond motifs is 1. The van der Waals surface area contributed by atoms with Crippen molar-refractivity contribution in [1.82, 2.24) is 20.2 Å². The molecule has 1 aliphatic carbocycles. The summed E-state index contributed by atoms with van der Waals surface area (Å²) in [5.74, 6) is 2.69. The molecule has 6 heteroatoms. The molecule has 3 unspecified atom stereocenters. The standard InChI is InChI=1S/C15H23N5O/c1-4-16-15-18-13-12(8-17-20-13)14(19-15)21-11-6-5-9(2)10(3)7-11/h8-11H,4-7H2,1-3H3,(H2,16,17,18,19,20). The van der Waals surface area contributed by atoms with Gasteiger partial charge in [0.15, 0.2) is 5.65 Å². The normalized spacial score (nSPS) is 26.0. The van der Waals surface area contributed by atoms with Gasteiger partial charge in [-0.3, -0.25) is 5.10 Å². The molecule has 3 rings (SSSR count). The van der Waals surface area contributed by atoms with Crippen LogP contribution in [0.2, 0.25) is 0 Å². The van der Waals surface area contributed by atoms with Crippen LogP contribution in [0, 0.1) is 11.8 Å². The Kier molecular flexibility index (Phi) is 3.94. The molecule has 3 atom stereocenters. The minimum atomic E-state index is 0.235. The maximum atomic E-state index is 6.18. The van der Waals surface area contributed by atoms with Crippen molar-refractivity contribution in [3.05, 3.63) is 6.20 Å². The first-order valence-corrected chi connectivity index (χ1v) is 7.79. The predicted octanol–water partition coefficient (Wildman–Crippen LogP) is 2.99. The molecular formula is C15H23N5O. The van der Waals surface area contributed by atoms with E-state index >= 15 is 0 Å². The molecular weight excluding hydrogens is 266 g/mol. The van der Waals surface area contributed by atoms with E-state index in [9.17, 15) is 0 Å². The van der Waals surface area contributed by atoms with Crippen molar-refractivity contribution in [3.8, 4) is 5.88 Å². The largest absolute Gasteiger partial charge is 0.474 e. The molecule has 0 aliphatic heterocycles. The topological polar surface area (TPSA) is 75.7 Å². The van der Waals surface area contributed by atoms with E-state index in [0.717, 1.165) is 30.7 Å². The molecule has 21 heavy (non-hydrogen) atoms. The lowest BCUT2D eigenvalue weighted by molar-refractivity contribution is 0.0980. The van der Waals surface area contributed by atoms with Crippen LogP contribution in [0.3, 0.4) is 0 Å². The number of hydrogen-bond donors (Lipinski definition) is 2.